The number of aliphatic carboxylic acids is 2. The van der Waals surface area contributed by atoms with E-state index in [9.17, 15) is 19.7 Å². The number of hydrogen-bond acceptors (Lipinski definition) is 9. The highest BCUT2D eigenvalue weighted by molar-refractivity contribution is 7.99. The van der Waals surface area contributed by atoms with Gasteiger partial charge in [-0.15, -0.1) is 23.5 Å². The lowest BCUT2D eigenvalue weighted by Gasteiger charge is -2.15. The minimum absolute atomic E-state index is 0.0170. The summed E-state index contributed by atoms with van der Waals surface area (Å²) in [4.78, 5) is 34.5. The standard InChI is InChI=1S/C16H16N2O4S.C16H18N2O2S/c1-17-13(16(19)20)10-23-15-12(11-6-3-2-4-7-11)8-5-9-14(15)18(21)22;1-18-14(16(19)20)10-21-15-12(8-5-9-13(15)17)11-6-3-2-4-7-11/h2-9,13,17H,10H2,1H3,(H,19,20);2-9,14,18H,10,17H2,1H3,(H,19,20)/t13-;14-/m00/s1. The van der Waals surface area contributed by atoms with Crippen molar-refractivity contribution in [2.24, 2.45) is 0 Å². The molecule has 10 nitrogen and oxygen atoms in total. The van der Waals surface area contributed by atoms with Crippen molar-refractivity contribution in [1.82, 2.24) is 10.6 Å². The lowest BCUT2D eigenvalue weighted by molar-refractivity contribution is -0.387. The number of anilines is 1. The summed E-state index contributed by atoms with van der Waals surface area (Å²) in [6.45, 7) is 0. The summed E-state index contributed by atoms with van der Waals surface area (Å²) in [5.41, 5.74) is 10.4. The van der Waals surface area contributed by atoms with Gasteiger partial charge in [-0.25, -0.2) is 0 Å². The molecule has 0 heterocycles. The number of benzene rings is 4. The molecule has 44 heavy (non-hydrogen) atoms. The van der Waals surface area contributed by atoms with Gasteiger partial charge in [0.05, 0.1) is 9.82 Å². The van der Waals surface area contributed by atoms with E-state index in [2.05, 4.69) is 10.6 Å². The van der Waals surface area contributed by atoms with Crippen LogP contribution in [0, 0.1) is 10.1 Å². The third-order valence-electron chi connectivity index (χ3n) is 6.49. The molecular formula is C32H34N4O6S2. The molecular weight excluding hydrogens is 601 g/mol. The lowest BCUT2D eigenvalue weighted by Crippen LogP contribution is -2.36. The Hall–Kier alpha value is -4.36. The number of nitrogens with zero attached hydrogens (tertiary/aromatic N) is 1. The van der Waals surface area contributed by atoms with Gasteiger partial charge in [-0.3, -0.25) is 19.7 Å². The van der Waals surface area contributed by atoms with E-state index >= 15 is 0 Å². The number of nitro groups is 1. The zero-order valence-electron chi connectivity index (χ0n) is 24.2. The monoisotopic (exact) mass is 634 g/mol. The molecule has 0 radical (unpaired) electrons. The second-order valence-electron chi connectivity index (χ2n) is 9.35. The number of carbonyl (C=O) groups is 2. The van der Waals surface area contributed by atoms with Gasteiger partial charge in [-0.1, -0.05) is 84.9 Å². The molecule has 12 heteroatoms. The second-order valence-corrected chi connectivity index (χ2v) is 11.4. The van der Waals surface area contributed by atoms with Gasteiger partial charge in [-0.2, -0.15) is 0 Å². The van der Waals surface area contributed by atoms with E-state index < -0.39 is 28.9 Å². The molecule has 0 saturated carbocycles. The maximum absolute atomic E-state index is 11.3. The molecule has 2 atom stereocenters. The number of nitro benzene ring substituents is 1. The van der Waals surface area contributed by atoms with Crippen molar-refractivity contribution in [2.75, 3.05) is 31.3 Å². The molecule has 0 aliphatic carbocycles. The highest BCUT2D eigenvalue weighted by Crippen LogP contribution is 2.39. The first-order chi connectivity index (χ1) is 21.2. The van der Waals surface area contributed by atoms with E-state index in [1.54, 1.807) is 26.2 Å². The van der Waals surface area contributed by atoms with Crippen LogP contribution in [0.2, 0.25) is 0 Å². The van der Waals surface area contributed by atoms with Crippen LogP contribution in [0.25, 0.3) is 22.3 Å². The van der Waals surface area contributed by atoms with Gasteiger partial charge in [0.1, 0.15) is 12.1 Å². The van der Waals surface area contributed by atoms with Crippen molar-refractivity contribution < 1.29 is 24.7 Å². The number of carboxylic acids is 2. The minimum atomic E-state index is -0.986. The molecule has 0 aliphatic heterocycles. The van der Waals surface area contributed by atoms with Crippen LogP contribution in [0.4, 0.5) is 11.4 Å². The van der Waals surface area contributed by atoms with Crippen molar-refractivity contribution in [3.8, 4) is 22.3 Å². The first-order valence-electron chi connectivity index (χ1n) is 13.5. The number of nitrogens with two attached hydrogens (primary N) is 1. The van der Waals surface area contributed by atoms with E-state index in [1.807, 2.05) is 78.9 Å². The van der Waals surface area contributed by atoms with E-state index in [0.717, 1.165) is 27.1 Å². The molecule has 4 rings (SSSR count). The van der Waals surface area contributed by atoms with Gasteiger partial charge in [0.25, 0.3) is 5.69 Å². The fourth-order valence-electron chi connectivity index (χ4n) is 4.12. The van der Waals surface area contributed by atoms with Crippen LogP contribution >= 0.6 is 23.5 Å². The van der Waals surface area contributed by atoms with Crippen LogP contribution < -0.4 is 16.4 Å². The number of carboxylic acid groups (broad SMARTS) is 2. The first kappa shape index (κ1) is 34.1. The quantitative estimate of drug-likeness (QED) is 0.0527. The molecule has 0 saturated heterocycles. The van der Waals surface area contributed by atoms with Crippen LogP contribution in [0.15, 0.2) is 107 Å². The molecule has 4 aromatic rings. The Morgan fingerprint density at radius 3 is 1.59 bits per heavy atom. The number of hydrogen-bond donors (Lipinski definition) is 5. The van der Waals surface area contributed by atoms with Crippen molar-refractivity contribution >= 4 is 46.8 Å². The van der Waals surface area contributed by atoms with Crippen molar-refractivity contribution in [3.63, 3.8) is 0 Å². The first-order valence-corrected chi connectivity index (χ1v) is 15.5. The zero-order valence-corrected chi connectivity index (χ0v) is 25.8. The summed E-state index contributed by atoms with van der Waals surface area (Å²) in [5.74, 6) is -1.24. The third kappa shape index (κ3) is 9.32. The smallest absolute Gasteiger partial charge is 0.321 e. The summed E-state index contributed by atoms with van der Waals surface area (Å²) in [6, 6.07) is 28.5. The normalized spacial score (nSPS) is 12.0. The maximum Gasteiger partial charge on any atom is 0.321 e. The Kier molecular flexibility index (Phi) is 13.2. The molecule has 0 amide bonds. The van der Waals surface area contributed by atoms with Crippen molar-refractivity contribution in [1.29, 1.82) is 0 Å². The molecule has 0 unspecified atom stereocenters. The summed E-state index contributed by atoms with van der Waals surface area (Å²) < 4.78 is 0. The number of rotatable bonds is 13. The molecule has 6 N–H and O–H groups in total. The van der Waals surface area contributed by atoms with Crippen LogP contribution in [0.5, 0.6) is 0 Å². The summed E-state index contributed by atoms with van der Waals surface area (Å²) >= 11 is 2.63. The van der Waals surface area contributed by atoms with E-state index in [-0.39, 0.29) is 11.4 Å². The zero-order chi connectivity index (χ0) is 32.1. The predicted octanol–water partition coefficient (Wildman–Crippen LogP) is 5.73. The average molecular weight is 635 g/mol. The average Bonchev–Trinajstić information content (AvgIpc) is 3.03. The van der Waals surface area contributed by atoms with Gasteiger partial charge in [0.2, 0.25) is 0 Å². The van der Waals surface area contributed by atoms with E-state index in [4.69, 9.17) is 15.9 Å². The Balaban J connectivity index is 0.000000241. The number of nitrogen functional groups attached to an aromatic ring is 1. The molecule has 230 valence electrons. The molecule has 0 fully saturated rings. The van der Waals surface area contributed by atoms with Gasteiger partial charge >= 0.3 is 11.9 Å². The topological polar surface area (TPSA) is 168 Å². The molecule has 0 spiro atoms. The fraction of sp³-hybridized carbons (Fsp3) is 0.188. The van der Waals surface area contributed by atoms with Crippen molar-refractivity contribution in [2.45, 2.75) is 21.9 Å². The highest BCUT2D eigenvalue weighted by atomic mass is 32.2. The summed E-state index contributed by atoms with van der Waals surface area (Å²) in [7, 11) is 3.20. The molecule has 0 bridgehead atoms. The fourth-order valence-corrected chi connectivity index (χ4v) is 6.61. The minimum Gasteiger partial charge on any atom is -0.480 e. The van der Waals surface area contributed by atoms with Gasteiger partial charge in [-0.05, 0) is 36.9 Å². The number of nitrogens with one attached hydrogen (secondary N) is 2. The summed E-state index contributed by atoms with van der Waals surface area (Å²) in [6.07, 6.45) is 0. The lowest BCUT2D eigenvalue weighted by atomic mass is 10.1. The number of thioether (sulfide) groups is 2. The number of likely N-dealkylation sites (N-methyl/N-ethyl adjacent to an activating group) is 2. The maximum atomic E-state index is 11.3. The largest absolute Gasteiger partial charge is 0.480 e. The Bertz CT molecular complexity index is 1560. The SMILES string of the molecule is CN[C@@H](CSc1c(-c2ccccc2)cccc1[N+](=O)[O-])C(=O)O.CN[C@@H](CSc1c(N)cccc1-c1ccccc1)C(=O)O. The predicted molar refractivity (Wildman–Crippen MR) is 177 cm³/mol. The van der Waals surface area contributed by atoms with Gasteiger partial charge in [0, 0.05) is 33.7 Å². The molecule has 4 aromatic carbocycles. The molecule has 0 aromatic heterocycles. The van der Waals surface area contributed by atoms with Crippen LogP contribution in [-0.4, -0.2) is 64.8 Å². The van der Waals surface area contributed by atoms with Crippen molar-refractivity contribution in [3.05, 3.63) is 107 Å². The van der Waals surface area contributed by atoms with Gasteiger partial charge < -0.3 is 26.6 Å². The molecule has 0 aliphatic rings. The summed E-state index contributed by atoms with van der Waals surface area (Å²) in [5, 5.41) is 35.0. The van der Waals surface area contributed by atoms with Crippen LogP contribution in [0.3, 0.4) is 0 Å². The van der Waals surface area contributed by atoms with Gasteiger partial charge in [0.15, 0.2) is 0 Å². The van der Waals surface area contributed by atoms with Crippen LogP contribution in [-0.2, 0) is 9.59 Å². The Labute approximate surface area is 264 Å². The van der Waals surface area contributed by atoms with E-state index in [0.29, 0.717) is 16.3 Å². The van der Waals surface area contributed by atoms with E-state index in [1.165, 1.54) is 29.6 Å². The highest BCUT2D eigenvalue weighted by Gasteiger charge is 2.22. The Morgan fingerprint density at radius 1 is 0.727 bits per heavy atom. The second kappa shape index (κ2) is 17.1. The van der Waals surface area contributed by atoms with Crippen LogP contribution in [0.1, 0.15) is 0 Å². The Morgan fingerprint density at radius 2 is 1.16 bits per heavy atom. The third-order valence-corrected chi connectivity index (χ3v) is 8.95.